The van der Waals surface area contributed by atoms with Crippen molar-refractivity contribution in [1.82, 2.24) is 60.6 Å². The Morgan fingerprint density at radius 3 is 2.07 bits per heavy atom. The second kappa shape index (κ2) is 38.1. The second-order valence-corrected chi connectivity index (χ2v) is 23.7. The average molecular weight is 1310 g/mol. The minimum atomic E-state index is -3.13. The molecule has 30 heteroatoms. The number of rotatable bonds is 33. The van der Waals surface area contributed by atoms with Crippen molar-refractivity contribution in [2.45, 2.75) is 69.5 Å². The number of aliphatic carboxylic acids is 1. The number of hydrogen-bond donors (Lipinski definition) is 5. The molecule has 4 heterocycles. The molecule has 3 fully saturated rings. The monoisotopic (exact) mass is 1310 g/mol. The molecule has 6 amide bonds. The summed E-state index contributed by atoms with van der Waals surface area (Å²) >= 11 is 1.28. The maximum absolute atomic E-state index is 14.5. The van der Waals surface area contributed by atoms with Crippen molar-refractivity contribution in [3.8, 4) is 18.1 Å². The zero-order valence-corrected chi connectivity index (χ0v) is 52.9. The minimum absolute atomic E-state index is 0.00162. The van der Waals surface area contributed by atoms with E-state index in [0.29, 0.717) is 93.9 Å². The number of benzene rings is 2. The summed E-state index contributed by atoms with van der Waals surface area (Å²) in [6.45, 7) is 5.30. The number of amides is 6. The van der Waals surface area contributed by atoms with Gasteiger partial charge in [0.25, 0.3) is 24.8 Å². The number of pyridine rings is 1. The lowest BCUT2D eigenvalue weighted by molar-refractivity contribution is -0.147. The van der Waals surface area contributed by atoms with Gasteiger partial charge in [-0.1, -0.05) is 35.7 Å². The number of carboxylic acid groups (broad SMARTS) is 1. The van der Waals surface area contributed by atoms with Gasteiger partial charge in [-0.3, -0.25) is 77.4 Å². The molecule has 3 aromatic rings. The Labute approximate surface area is 537 Å². The highest BCUT2D eigenvalue weighted by Crippen LogP contribution is 2.32. The Bertz CT molecular complexity index is 3010. The van der Waals surface area contributed by atoms with E-state index in [0.717, 1.165) is 29.6 Å². The average Bonchev–Trinajstić information content (AvgIpc) is 1.32. The van der Waals surface area contributed by atoms with Crippen molar-refractivity contribution < 1.29 is 80.8 Å². The first-order valence-electron chi connectivity index (χ1n) is 30.5. The molecule has 3 aliphatic rings. The van der Waals surface area contributed by atoms with Crippen LogP contribution in [0.5, 0.6) is 5.75 Å². The van der Waals surface area contributed by atoms with E-state index in [-0.39, 0.29) is 103 Å². The number of carboxylic acids is 1. The van der Waals surface area contributed by atoms with Crippen molar-refractivity contribution in [2.24, 2.45) is 0 Å². The zero-order chi connectivity index (χ0) is 66.4. The number of carbonyl (C=O) groups is 10. The van der Waals surface area contributed by atoms with Crippen molar-refractivity contribution in [1.29, 1.82) is 0 Å². The van der Waals surface area contributed by atoms with E-state index >= 15 is 0 Å². The van der Waals surface area contributed by atoms with Crippen LogP contribution in [0, 0.1) is 19.3 Å². The van der Waals surface area contributed by atoms with Crippen LogP contribution < -0.4 is 26.0 Å². The Hall–Kier alpha value is -8.08. The number of carbonyl (C=O) groups excluding carboxylic acids is 9. The van der Waals surface area contributed by atoms with E-state index in [1.807, 2.05) is 41.0 Å². The number of fused-ring (bicyclic) bond motifs is 1. The zero-order valence-electron chi connectivity index (χ0n) is 52.1. The van der Waals surface area contributed by atoms with Gasteiger partial charge >= 0.3 is 11.9 Å². The molecular formula is C62H84F2N12O15S. The van der Waals surface area contributed by atoms with Crippen LogP contribution in [0.2, 0.25) is 0 Å². The molecule has 0 aliphatic carbocycles. The first kappa shape index (κ1) is 73.0. The van der Waals surface area contributed by atoms with E-state index in [9.17, 15) is 61.8 Å². The van der Waals surface area contributed by atoms with Gasteiger partial charge in [0.2, 0.25) is 29.5 Å². The third kappa shape index (κ3) is 24.9. The van der Waals surface area contributed by atoms with E-state index in [2.05, 4.69) is 37.1 Å². The number of likely N-dealkylation sites (tertiary alicyclic amines) is 1. The molecule has 0 saturated carbocycles. The summed E-state index contributed by atoms with van der Waals surface area (Å²) in [5, 5.41) is 21.2. The minimum Gasteiger partial charge on any atom is -0.494 e. The predicted molar refractivity (Wildman–Crippen MR) is 334 cm³/mol. The lowest BCUT2D eigenvalue weighted by Gasteiger charge is -2.36. The van der Waals surface area contributed by atoms with Crippen LogP contribution in [0.1, 0.15) is 53.6 Å². The van der Waals surface area contributed by atoms with Gasteiger partial charge < -0.3 is 55.1 Å². The molecule has 1 aromatic heterocycles. The number of aryl methyl sites for hydroxylation is 2. The fraction of sp³-hybridized carbons (Fsp3) is 0.565. The Balaban J connectivity index is 1.05. The molecule has 3 saturated heterocycles. The van der Waals surface area contributed by atoms with Crippen molar-refractivity contribution in [3.05, 3.63) is 71.4 Å². The van der Waals surface area contributed by atoms with E-state index in [1.54, 1.807) is 32.9 Å². The number of alkyl halides is 2. The largest absolute Gasteiger partial charge is 0.494 e. The van der Waals surface area contributed by atoms with Crippen LogP contribution in [-0.4, -0.2) is 285 Å². The number of terminal acetylenes is 1. The van der Waals surface area contributed by atoms with Crippen molar-refractivity contribution >= 4 is 83.0 Å². The molecule has 0 bridgehead atoms. The van der Waals surface area contributed by atoms with Crippen LogP contribution in [-0.2, 0) is 63.8 Å². The number of piperazine rings is 1. The molecule has 27 nitrogen and oxygen atoms in total. The fourth-order valence-corrected chi connectivity index (χ4v) is 11.5. The van der Waals surface area contributed by atoms with Crippen molar-refractivity contribution in [2.75, 3.05) is 156 Å². The highest BCUT2D eigenvalue weighted by atomic mass is 32.2. The van der Waals surface area contributed by atoms with Crippen LogP contribution in [0.4, 0.5) is 8.78 Å². The standard InChI is InChI=1S/C62H84F2N12O15S/c1-4-47-35-62(63,64)40-76(47)56(81)36-67-59(85)49-15-16-65-51-14-13-48(33-50(49)51)91-31-6-18-70-27-29-75(30-28-70)61(87)52(34-58(84)88-3)69-60(86)53(39-92-32-17-66-54(79)8-5-7-46-11-9-45(2)10-12-46)68-55(80)37-71-19-20-72(38-57(82)83)22-24-74(42-90-44-78)26-25-73(23-21-71)41-89-43-77/h1,9-16,33,43-44,47,52-53H,5-8,17-32,34-42H2,2-3H3,(H,66,79)(H,67,85)(H,68,80)(H,69,86)(H,82,83)/t47-,52-,53-/m0/s1. The summed E-state index contributed by atoms with van der Waals surface area (Å²) < 4.78 is 49.1. The second-order valence-electron chi connectivity index (χ2n) is 22.5. The van der Waals surface area contributed by atoms with Gasteiger partial charge in [0.05, 0.1) is 63.4 Å². The third-order valence-electron chi connectivity index (χ3n) is 15.7. The van der Waals surface area contributed by atoms with Gasteiger partial charge in [-0.05, 0) is 56.0 Å². The number of aromatic nitrogens is 1. The van der Waals surface area contributed by atoms with Crippen LogP contribution in [0.25, 0.3) is 10.9 Å². The van der Waals surface area contributed by atoms with E-state index in [1.165, 1.54) is 24.0 Å². The summed E-state index contributed by atoms with van der Waals surface area (Å²) in [7, 11) is 1.16. The molecule has 3 aliphatic heterocycles. The number of thioether (sulfide) groups is 1. The Morgan fingerprint density at radius 2 is 1.43 bits per heavy atom. The van der Waals surface area contributed by atoms with Gasteiger partial charge in [-0.15, -0.1) is 6.42 Å². The Kier molecular flexibility index (Phi) is 30.2. The highest BCUT2D eigenvalue weighted by molar-refractivity contribution is 7.99. The summed E-state index contributed by atoms with van der Waals surface area (Å²) in [5.74, 6) is -5.33. The number of nitrogens with zero attached hydrogens (tertiary/aromatic N) is 8. The topological polar surface area (TPSA) is 312 Å². The fourth-order valence-electron chi connectivity index (χ4n) is 10.6. The number of halogens is 2. The summed E-state index contributed by atoms with van der Waals surface area (Å²) in [6.07, 6.45) is 7.90. The van der Waals surface area contributed by atoms with Gasteiger partial charge in [-0.2, -0.15) is 11.8 Å². The number of esters is 1. The molecule has 6 rings (SSSR count). The number of nitrogens with one attached hydrogen (secondary N) is 4. The summed E-state index contributed by atoms with van der Waals surface area (Å²) in [5.41, 5.74) is 2.93. The maximum Gasteiger partial charge on any atom is 0.317 e. The molecule has 0 spiro atoms. The normalized spacial score (nSPS) is 17.8. The van der Waals surface area contributed by atoms with Gasteiger partial charge in [0, 0.05) is 128 Å². The predicted octanol–water partition coefficient (Wildman–Crippen LogP) is 0.0277. The molecule has 2 aromatic carbocycles. The van der Waals surface area contributed by atoms with Gasteiger partial charge in [0.1, 0.15) is 31.3 Å². The van der Waals surface area contributed by atoms with Crippen LogP contribution >= 0.6 is 11.8 Å². The smallest absolute Gasteiger partial charge is 0.317 e. The molecule has 3 atom stereocenters. The molecule has 92 heavy (non-hydrogen) atoms. The van der Waals surface area contributed by atoms with Crippen LogP contribution in [0.3, 0.4) is 0 Å². The molecule has 502 valence electrons. The SMILES string of the molecule is C#C[C@H]1CC(F)(F)CN1C(=O)CNC(=O)c1ccnc2ccc(OCCCN3CCN(C(=O)[C@H](CC(=O)OC)NC(=O)[C@H](CSCCNC(=O)CCCc4ccc(C)cc4)NC(=O)CN4CCN(COC=O)CCN(COC=O)CCN(CC(=O)O)CC4)CC3)cc12. The van der Waals surface area contributed by atoms with Crippen LogP contribution in [0.15, 0.2) is 54.7 Å². The van der Waals surface area contributed by atoms with E-state index < -0.39 is 91.5 Å². The first-order chi connectivity index (χ1) is 44.3. The molecule has 5 N–H and O–H groups in total. The molecule has 0 radical (unpaired) electrons. The maximum atomic E-state index is 14.5. The van der Waals surface area contributed by atoms with E-state index in [4.69, 9.17) is 25.4 Å². The lowest BCUT2D eigenvalue weighted by atomic mass is 10.1. The van der Waals surface area contributed by atoms with Crippen molar-refractivity contribution in [3.63, 3.8) is 0 Å². The van der Waals surface area contributed by atoms with Gasteiger partial charge in [-0.25, -0.2) is 8.78 Å². The third-order valence-corrected chi connectivity index (χ3v) is 16.8. The number of hydrogen-bond acceptors (Lipinski definition) is 21. The quantitative estimate of drug-likeness (QED) is 0.0177. The lowest BCUT2D eigenvalue weighted by Crippen LogP contribution is -2.59. The first-order valence-corrected chi connectivity index (χ1v) is 31.6. The Morgan fingerprint density at radius 1 is 0.793 bits per heavy atom. The highest BCUT2D eigenvalue weighted by Gasteiger charge is 2.46. The molecule has 0 unspecified atom stereocenters. The van der Waals surface area contributed by atoms with Gasteiger partial charge in [0.15, 0.2) is 0 Å². The summed E-state index contributed by atoms with van der Waals surface area (Å²) in [4.78, 5) is 145. The number of ether oxygens (including phenoxy) is 4. The summed E-state index contributed by atoms with van der Waals surface area (Å²) in [6, 6.07) is 10.9. The molecular weight excluding hydrogens is 1220 g/mol. The number of methoxy groups -OCH3 is 1.